The molecule has 106 valence electrons. The van der Waals surface area contributed by atoms with Gasteiger partial charge in [0.15, 0.2) is 0 Å². The van der Waals surface area contributed by atoms with Crippen LogP contribution < -0.4 is 15.8 Å². The normalized spacial score (nSPS) is 11.0. The first-order valence-corrected chi connectivity index (χ1v) is 7.26. The number of aromatic nitrogens is 1. The first-order valence-electron chi connectivity index (χ1n) is 7.26. The second-order valence-corrected chi connectivity index (χ2v) is 5.30. The van der Waals surface area contributed by atoms with Crippen molar-refractivity contribution in [3.8, 4) is 0 Å². The van der Waals surface area contributed by atoms with Crippen molar-refractivity contribution in [2.45, 2.75) is 0 Å². The summed E-state index contributed by atoms with van der Waals surface area (Å²) in [5, 5.41) is 4.00. The molecule has 0 spiro atoms. The van der Waals surface area contributed by atoms with Crippen molar-refractivity contribution in [3.05, 3.63) is 78.9 Å². The van der Waals surface area contributed by atoms with Gasteiger partial charge in [0.25, 0.3) is 0 Å². The molecule has 0 atom stereocenters. The van der Waals surface area contributed by atoms with Crippen molar-refractivity contribution in [3.63, 3.8) is 0 Å². The van der Waals surface area contributed by atoms with Gasteiger partial charge in [-0.3, -0.25) is 5.01 Å². The average molecular weight is 286 g/mol. The number of hydrogen-bond donors (Lipinski definition) is 1. The van der Waals surface area contributed by atoms with E-state index < -0.39 is 0 Å². The summed E-state index contributed by atoms with van der Waals surface area (Å²) in [6.07, 6.45) is 0. The summed E-state index contributed by atoms with van der Waals surface area (Å²) in [7, 11) is 0. The van der Waals surface area contributed by atoms with Gasteiger partial charge in [0.1, 0.15) is 0 Å². The van der Waals surface area contributed by atoms with Crippen molar-refractivity contribution in [1.82, 2.24) is 0 Å². The Morgan fingerprint density at radius 1 is 0.727 bits per heavy atom. The van der Waals surface area contributed by atoms with Gasteiger partial charge in [0.2, 0.25) is 11.0 Å². The van der Waals surface area contributed by atoms with Crippen LogP contribution in [0, 0.1) is 0 Å². The third-order valence-electron chi connectivity index (χ3n) is 3.91. The zero-order valence-corrected chi connectivity index (χ0v) is 12.0. The highest BCUT2D eigenvalue weighted by atomic mass is 15.4. The maximum atomic E-state index is 6.35. The predicted octanol–water partition coefficient (Wildman–Crippen LogP) is 3.82. The van der Waals surface area contributed by atoms with Gasteiger partial charge in [-0.15, -0.1) is 0 Å². The van der Waals surface area contributed by atoms with E-state index in [4.69, 9.17) is 5.84 Å². The number of anilines is 2. The molecule has 1 aromatic heterocycles. The molecule has 0 amide bonds. The summed E-state index contributed by atoms with van der Waals surface area (Å²) in [5.74, 6) is 6.35. The maximum Gasteiger partial charge on any atom is 0.213 e. The summed E-state index contributed by atoms with van der Waals surface area (Å²) < 4.78 is 0. The van der Waals surface area contributed by atoms with Crippen molar-refractivity contribution in [2.75, 3.05) is 5.01 Å². The van der Waals surface area contributed by atoms with Crippen molar-refractivity contribution < 1.29 is 4.98 Å². The number of H-pyrrole nitrogens is 1. The fraction of sp³-hybridized carbons (Fsp3) is 0. The van der Waals surface area contributed by atoms with Crippen LogP contribution in [-0.4, -0.2) is 0 Å². The third kappa shape index (κ3) is 2.08. The number of rotatable bonds is 2. The molecule has 1 heterocycles. The van der Waals surface area contributed by atoms with E-state index in [2.05, 4.69) is 29.2 Å². The van der Waals surface area contributed by atoms with E-state index in [-0.39, 0.29) is 0 Å². The quantitative estimate of drug-likeness (QED) is 0.346. The van der Waals surface area contributed by atoms with E-state index in [1.807, 2.05) is 54.6 Å². The van der Waals surface area contributed by atoms with Crippen LogP contribution in [0.25, 0.3) is 21.8 Å². The second-order valence-electron chi connectivity index (χ2n) is 5.30. The largest absolute Gasteiger partial charge is 0.279 e. The summed E-state index contributed by atoms with van der Waals surface area (Å²) >= 11 is 0. The number of hydrazine groups is 1. The molecule has 0 saturated heterocycles. The number of para-hydroxylation sites is 2. The van der Waals surface area contributed by atoms with E-state index in [1.54, 1.807) is 5.01 Å². The number of nitrogens with two attached hydrogens (primary N) is 1. The third-order valence-corrected chi connectivity index (χ3v) is 3.91. The minimum absolute atomic E-state index is 0.961. The van der Waals surface area contributed by atoms with E-state index >= 15 is 0 Å². The lowest BCUT2D eigenvalue weighted by molar-refractivity contribution is -0.310. The maximum absolute atomic E-state index is 6.35. The monoisotopic (exact) mass is 286 g/mol. The van der Waals surface area contributed by atoms with Crippen LogP contribution in [0.15, 0.2) is 78.9 Å². The molecule has 22 heavy (non-hydrogen) atoms. The molecule has 3 N–H and O–H groups in total. The van der Waals surface area contributed by atoms with Crippen molar-refractivity contribution >= 4 is 33.2 Å². The molecule has 3 heteroatoms. The lowest BCUT2D eigenvalue weighted by Crippen LogP contribution is -2.25. The molecule has 0 bridgehead atoms. The molecule has 4 aromatic rings. The van der Waals surface area contributed by atoms with Gasteiger partial charge >= 0.3 is 0 Å². The summed E-state index contributed by atoms with van der Waals surface area (Å²) in [5.41, 5.74) is 4.13. The van der Waals surface area contributed by atoms with Crippen LogP contribution in [0.2, 0.25) is 0 Å². The standard InChI is InChI=1S/C19H15N3/c20-22(15-8-2-1-3-9-15)19-12-6-11-18-16(19)13-14-7-4-5-10-17(14)21-18/h1-13H,20H2/p+1. The van der Waals surface area contributed by atoms with Gasteiger partial charge in [-0.05, 0) is 30.3 Å². The SMILES string of the molecule is NN(c1ccccc1)c1cccc2[nH+]c3ccccc3cc12. The van der Waals surface area contributed by atoms with Crippen LogP contribution in [-0.2, 0) is 0 Å². The zero-order chi connectivity index (χ0) is 14.9. The topological polar surface area (TPSA) is 43.4 Å². The summed E-state index contributed by atoms with van der Waals surface area (Å²) in [6.45, 7) is 0. The van der Waals surface area contributed by atoms with E-state index in [1.165, 1.54) is 5.39 Å². The average Bonchev–Trinajstić information content (AvgIpc) is 2.59. The highest BCUT2D eigenvalue weighted by Crippen LogP contribution is 2.29. The minimum Gasteiger partial charge on any atom is -0.279 e. The number of hydrogen-bond acceptors (Lipinski definition) is 2. The first kappa shape index (κ1) is 12.8. The molecule has 4 rings (SSSR count). The zero-order valence-electron chi connectivity index (χ0n) is 12.0. The van der Waals surface area contributed by atoms with Crippen molar-refractivity contribution in [1.29, 1.82) is 0 Å². The van der Waals surface area contributed by atoms with Gasteiger partial charge in [0.05, 0.1) is 16.8 Å². The number of fused-ring (bicyclic) bond motifs is 2. The van der Waals surface area contributed by atoms with E-state index in [0.717, 1.165) is 27.8 Å². The Kier molecular flexibility index (Phi) is 2.99. The smallest absolute Gasteiger partial charge is 0.213 e. The Balaban J connectivity index is 1.96. The Morgan fingerprint density at radius 3 is 2.32 bits per heavy atom. The number of pyridine rings is 1. The van der Waals surface area contributed by atoms with Crippen LogP contribution in [0.3, 0.4) is 0 Å². The van der Waals surface area contributed by atoms with Crippen molar-refractivity contribution in [2.24, 2.45) is 5.84 Å². The highest BCUT2D eigenvalue weighted by molar-refractivity contribution is 5.97. The summed E-state index contributed by atoms with van der Waals surface area (Å²) in [4.78, 5) is 3.47. The fourth-order valence-corrected chi connectivity index (χ4v) is 2.79. The van der Waals surface area contributed by atoms with E-state index in [0.29, 0.717) is 0 Å². The molecule has 3 nitrogen and oxygen atoms in total. The fourth-order valence-electron chi connectivity index (χ4n) is 2.79. The molecular formula is C19H16N3+. The molecule has 0 fully saturated rings. The Hall–Kier alpha value is -2.91. The molecule has 0 aliphatic carbocycles. The number of aromatic amines is 1. The molecule has 0 radical (unpaired) electrons. The number of nitrogens with zero attached hydrogens (tertiary/aromatic N) is 1. The lowest BCUT2D eigenvalue weighted by Gasteiger charge is -2.19. The molecule has 0 unspecified atom stereocenters. The van der Waals surface area contributed by atoms with Gasteiger partial charge in [-0.1, -0.05) is 36.4 Å². The first-order chi connectivity index (χ1) is 10.8. The summed E-state index contributed by atoms with van der Waals surface area (Å²) in [6, 6.07) is 26.5. The van der Waals surface area contributed by atoms with Crippen LogP contribution in [0.5, 0.6) is 0 Å². The van der Waals surface area contributed by atoms with E-state index in [9.17, 15) is 0 Å². The molecular weight excluding hydrogens is 270 g/mol. The number of benzene rings is 3. The lowest BCUT2D eigenvalue weighted by atomic mass is 10.1. The Labute approximate surface area is 128 Å². The van der Waals surface area contributed by atoms with Gasteiger partial charge < -0.3 is 0 Å². The van der Waals surface area contributed by atoms with Crippen LogP contribution in [0.1, 0.15) is 0 Å². The predicted molar refractivity (Wildman–Crippen MR) is 90.8 cm³/mol. The van der Waals surface area contributed by atoms with Gasteiger partial charge in [-0.25, -0.2) is 10.8 Å². The number of nitrogens with one attached hydrogen (secondary N) is 1. The Bertz CT molecular complexity index is 948. The van der Waals surface area contributed by atoms with Gasteiger partial charge in [0, 0.05) is 17.5 Å². The van der Waals surface area contributed by atoms with Gasteiger partial charge in [-0.2, -0.15) is 0 Å². The molecule has 0 aliphatic rings. The second kappa shape index (κ2) is 5.13. The molecule has 3 aromatic carbocycles. The highest BCUT2D eigenvalue weighted by Gasteiger charge is 2.13. The molecule has 0 aliphatic heterocycles. The minimum atomic E-state index is 0.961. The van der Waals surface area contributed by atoms with Crippen LogP contribution in [0.4, 0.5) is 11.4 Å². The Morgan fingerprint density at radius 2 is 1.45 bits per heavy atom. The van der Waals surface area contributed by atoms with Crippen LogP contribution >= 0.6 is 0 Å². The molecule has 0 saturated carbocycles.